The first kappa shape index (κ1) is 19.5. The maximum absolute atomic E-state index is 12.7. The van der Waals surface area contributed by atoms with Crippen LogP contribution in [0.25, 0.3) is 0 Å². The minimum Gasteiger partial charge on any atom is -0.491 e. The van der Waals surface area contributed by atoms with Crippen molar-refractivity contribution in [1.82, 2.24) is 15.1 Å². The first-order chi connectivity index (χ1) is 12.2. The second-order valence-electron chi connectivity index (χ2n) is 6.66. The smallest absolute Gasteiger partial charge is 0.332 e. The molecule has 0 spiro atoms. The molecule has 1 heterocycles. The van der Waals surface area contributed by atoms with E-state index >= 15 is 0 Å². The summed E-state index contributed by atoms with van der Waals surface area (Å²) < 4.78 is 7.27. The van der Waals surface area contributed by atoms with E-state index in [0.29, 0.717) is 5.75 Å². The Labute approximate surface area is 153 Å². The molecule has 0 saturated heterocycles. The molecule has 2 rings (SSSR count). The number of benzene rings is 1. The van der Waals surface area contributed by atoms with E-state index < -0.39 is 17.4 Å². The van der Waals surface area contributed by atoms with Crippen molar-refractivity contribution in [2.45, 2.75) is 39.2 Å². The topological polar surface area (TPSA) is 93.5 Å². The SMILES string of the molecule is Cc1nn(C)c(C)c1[C@@H](C)C(=O)N[C@](C)(COc1ccccc1)C(=O)O. The van der Waals surface area contributed by atoms with E-state index in [-0.39, 0.29) is 12.5 Å². The van der Waals surface area contributed by atoms with Crippen molar-refractivity contribution < 1.29 is 19.4 Å². The van der Waals surface area contributed by atoms with E-state index in [0.717, 1.165) is 17.0 Å². The zero-order valence-electron chi connectivity index (χ0n) is 15.7. The molecule has 0 aliphatic carbocycles. The number of hydrogen-bond acceptors (Lipinski definition) is 4. The summed E-state index contributed by atoms with van der Waals surface area (Å²) in [4.78, 5) is 24.5. The zero-order chi connectivity index (χ0) is 19.5. The minimum absolute atomic E-state index is 0.185. The number of aliphatic carboxylic acids is 1. The third-order valence-corrected chi connectivity index (χ3v) is 4.53. The van der Waals surface area contributed by atoms with E-state index in [9.17, 15) is 14.7 Å². The average molecular weight is 359 g/mol. The Morgan fingerprint density at radius 1 is 1.31 bits per heavy atom. The fourth-order valence-corrected chi connectivity index (χ4v) is 2.82. The van der Waals surface area contributed by atoms with E-state index in [2.05, 4.69) is 10.4 Å². The maximum atomic E-state index is 12.7. The third kappa shape index (κ3) is 4.04. The van der Waals surface area contributed by atoms with Crippen LogP contribution in [0.5, 0.6) is 5.75 Å². The molecule has 0 unspecified atom stereocenters. The number of aryl methyl sites for hydroxylation is 2. The molecule has 2 aromatic rings. The molecular formula is C19H25N3O4. The van der Waals surface area contributed by atoms with Crippen molar-refractivity contribution in [1.29, 1.82) is 0 Å². The fourth-order valence-electron chi connectivity index (χ4n) is 2.82. The van der Waals surface area contributed by atoms with Gasteiger partial charge in [-0.2, -0.15) is 5.10 Å². The molecule has 0 radical (unpaired) electrons. The first-order valence-electron chi connectivity index (χ1n) is 8.39. The summed E-state index contributed by atoms with van der Waals surface area (Å²) in [6, 6.07) is 8.89. The van der Waals surface area contributed by atoms with Crippen LogP contribution in [0, 0.1) is 13.8 Å². The Kier molecular flexibility index (Phi) is 5.69. The normalized spacial score (nSPS) is 14.3. The number of hydrogen-bond donors (Lipinski definition) is 2. The van der Waals surface area contributed by atoms with Crippen LogP contribution < -0.4 is 10.1 Å². The first-order valence-corrected chi connectivity index (χ1v) is 8.39. The summed E-state index contributed by atoms with van der Waals surface area (Å²) >= 11 is 0. The quantitative estimate of drug-likeness (QED) is 0.790. The molecule has 7 nitrogen and oxygen atoms in total. The van der Waals surface area contributed by atoms with Gasteiger partial charge in [-0.15, -0.1) is 0 Å². The Morgan fingerprint density at radius 2 is 1.92 bits per heavy atom. The molecule has 1 aromatic heterocycles. The molecule has 26 heavy (non-hydrogen) atoms. The Morgan fingerprint density at radius 3 is 2.42 bits per heavy atom. The van der Waals surface area contributed by atoms with Gasteiger partial charge >= 0.3 is 5.97 Å². The van der Waals surface area contributed by atoms with Crippen LogP contribution >= 0.6 is 0 Å². The number of amides is 1. The Bertz CT molecular complexity index is 801. The molecular weight excluding hydrogens is 334 g/mol. The molecule has 2 N–H and O–H groups in total. The molecule has 1 aromatic carbocycles. The summed E-state index contributed by atoms with van der Waals surface area (Å²) in [7, 11) is 1.81. The zero-order valence-corrected chi connectivity index (χ0v) is 15.7. The highest BCUT2D eigenvalue weighted by Gasteiger charge is 2.38. The van der Waals surface area contributed by atoms with Crippen LogP contribution in [0.3, 0.4) is 0 Å². The van der Waals surface area contributed by atoms with Gasteiger partial charge in [-0.05, 0) is 39.8 Å². The van der Waals surface area contributed by atoms with Gasteiger partial charge in [0.15, 0.2) is 5.54 Å². The van der Waals surface area contributed by atoms with Crippen molar-refractivity contribution in [3.8, 4) is 5.75 Å². The van der Waals surface area contributed by atoms with Crippen LogP contribution in [0.1, 0.15) is 36.7 Å². The highest BCUT2D eigenvalue weighted by atomic mass is 16.5. The molecule has 0 aliphatic heterocycles. The molecule has 1 amide bonds. The molecule has 0 aliphatic rings. The van der Waals surface area contributed by atoms with Crippen LogP contribution in [0.15, 0.2) is 30.3 Å². The van der Waals surface area contributed by atoms with E-state index in [1.54, 1.807) is 35.9 Å². The highest BCUT2D eigenvalue weighted by Crippen LogP contribution is 2.24. The number of carbonyl (C=O) groups is 2. The van der Waals surface area contributed by atoms with Crippen molar-refractivity contribution in [3.05, 3.63) is 47.3 Å². The number of nitrogens with zero attached hydrogens (tertiary/aromatic N) is 2. The van der Waals surface area contributed by atoms with Gasteiger partial charge in [0.25, 0.3) is 0 Å². The molecule has 7 heteroatoms. The standard InChI is InChI=1S/C19H25N3O4/c1-12(16-13(2)21-22(5)14(16)3)17(23)20-19(4,18(24)25)11-26-15-9-7-6-8-10-15/h6-10,12H,11H2,1-5H3,(H,20,23)(H,24,25)/t12-,19-/m1/s1. The number of nitrogens with one attached hydrogen (secondary N) is 1. The summed E-state index contributed by atoms with van der Waals surface area (Å²) in [6.45, 7) is 6.71. The van der Waals surface area contributed by atoms with Crippen molar-refractivity contribution in [2.24, 2.45) is 7.05 Å². The van der Waals surface area contributed by atoms with Gasteiger partial charge in [-0.1, -0.05) is 18.2 Å². The average Bonchev–Trinajstić information content (AvgIpc) is 2.85. The lowest BCUT2D eigenvalue weighted by atomic mass is 9.95. The number of carbonyl (C=O) groups excluding carboxylic acids is 1. The van der Waals surface area contributed by atoms with Crippen LogP contribution in [-0.2, 0) is 16.6 Å². The van der Waals surface area contributed by atoms with Gasteiger partial charge < -0.3 is 15.2 Å². The van der Waals surface area contributed by atoms with Crippen LogP contribution in [0.2, 0.25) is 0 Å². The summed E-state index contributed by atoms with van der Waals surface area (Å²) in [5, 5.41) is 16.6. The van der Waals surface area contributed by atoms with Gasteiger partial charge in [0.05, 0.1) is 11.6 Å². The van der Waals surface area contributed by atoms with Gasteiger partial charge in [0.1, 0.15) is 12.4 Å². The van der Waals surface area contributed by atoms with Crippen LogP contribution in [-0.4, -0.2) is 38.9 Å². The van der Waals surface area contributed by atoms with Gasteiger partial charge in [-0.25, -0.2) is 4.79 Å². The third-order valence-electron chi connectivity index (χ3n) is 4.53. The minimum atomic E-state index is -1.55. The van der Waals surface area contributed by atoms with E-state index in [1.165, 1.54) is 6.92 Å². The molecule has 2 atom stereocenters. The number of carboxylic acid groups (broad SMARTS) is 1. The monoisotopic (exact) mass is 359 g/mol. The number of para-hydroxylation sites is 1. The molecule has 140 valence electrons. The largest absolute Gasteiger partial charge is 0.491 e. The maximum Gasteiger partial charge on any atom is 0.332 e. The van der Waals surface area contributed by atoms with Crippen molar-refractivity contribution in [3.63, 3.8) is 0 Å². The number of rotatable bonds is 7. The van der Waals surface area contributed by atoms with Gasteiger partial charge in [0.2, 0.25) is 5.91 Å². The number of ether oxygens (including phenoxy) is 1. The summed E-state index contributed by atoms with van der Waals surface area (Å²) in [5.41, 5.74) is 0.889. The lowest BCUT2D eigenvalue weighted by Crippen LogP contribution is -2.57. The number of carboxylic acids is 1. The molecule has 0 saturated carbocycles. The van der Waals surface area contributed by atoms with Gasteiger partial charge in [0, 0.05) is 18.3 Å². The summed E-state index contributed by atoms with van der Waals surface area (Å²) in [5.74, 6) is -1.53. The Balaban J connectivity index is 2.15. The molecule has 0 fully saturated rings. The van der Waals surface area contributed by atoms with E-state index in [4.69, 9.17) is 4.74 Å². The van der Waals surface area contributed by atoms with Gasteiger partial charge in [-0.3, -0.25) is 9.48 Å². The predicted octanol–water partition coefficient (Wildman–Crippen LogP) is 2.18. The summed E-state index contributed by atoms with van der Waals surface area (Å²) in [6.07, 6.45) is 0. The predicted molar refractivity (Wildman–Crippen MR) is 97.2 cm³/mol. The lowest BCUT2D eigenvalue weighted by Gasteiger charge is -2.28. The van der Waals surface area contributed by atoms with Crippen LogP contribution in [0.4, 0.5) is 0 Å². The van der Waals surface area contributed by atoms with Crippen molar-refractivity contribution >= 4 is 11.9 Å². The molecule has 0 bridgehead atoms. The lowest BCUT2D eigenvalue weighted by molar-refractivity contribution is -0.148. The van der Waals surface area contributed by atoms with E-state index in [1.807, 2.05) is 27.0 Å². The highest BCUT2D eigenvalue weighted by molar-refractivity contribution is 5.90. The second-order valence-corrected chi connectivity index (χ2v) is 6.66. The number of aromatic nitrogens is 2. The second kappa shape index (κ2) is 7.59. The van der Waals surface area contributed by atoms with Crippen molar-refractivity contribution in [2.75, 3.05) is 6.61 Å². The Hall–Kier alpha value is -2.83. The fraction of sp³-hybridized carbons (Fsp3) is 0.421.